The molecule has 0 saturated carbocycles. The highest BCUT2D eigenvalue weighted by Crippen LogP contribution is 2.33. The predicted octanol–water partition coefficient (Wildman–Crippen LogP) is 1.51. The van der Waals surface area contributed by atoms with Crippen LogP contribution in [-0.2, 0) is 19.1 Å². The average molecular weight is 366 g/mol. The van der Waals surface area contributed by atoms with Crippen molar-refractivity contribution < 1.29 is 24.2 Å². The highest BCUT2D eigenvalue weighted by atomic mass is 16.5. The number of hydrogen-bond acceptors (Lipinski definition) is 4. The lowest BCUT2D eigenvalue weighted by molar-refractivity contribution is -0.146. The quantitative estimate of drug-likeness (QED) is 0.815. The van der Waals surface area contributed by atoms with Crippen LogP contribution in [-0.4, -0.2) is 71.6 Å². The van der Waals surface area contributed by atoms with Crippen LogP contribution in [0.5, 0.6) is 0 Å². The Morgan fingerprint density at radius 3 is 2.50 bits per heavy atom. The molecular formula is C19H30N2O5. The number of hydrogen-bond donors (Lipinski definition) is 1. The molecule has 7 heteroatoms. The maximum absolute atomic E-state index is 12.6. The zero-order valence-electron chi connectivity index (χ0n) is 15.4. The van der Waals surface area contributed by atoms with Gasteiger partial charge >= 0.3 is 5.97 Å². The van der Waals surface area contributed by atoms with Crippen molar-refractivity contribution in [1.29, 1.82) is 0 Å². The highest BCUT2D eigenvalue weighted by Gasteiger charge is 2.40. The summed E-state index contributed by atoms with van der Waals surface area (Å²) in [5.74, 6) is -0.885. The predicted molar refractivity (Wildman–Crippen MR) is 94.5 cm³/mol. The summed E-state index contributed by atoms with van der Waals surface area (Å²) >= 11 is 0. The standard InChI is InChI=1S/C19H30N2O5/c22-16-5-3-1-2-4-9-21(16)13-17(23)20-10-6-14(7-11-20)18-15(19(24)25)8-12-26-18/h14-15,18H,1-13H2,(H,24,25)/t15?,18-/m0/s1. The molecule has 7 nitrogen and oxygen atoms in total. The van der Waals surface area contributed by atoms with Gasteiger partial charge in [0.15, 0.2) is 0 Å². The van der Waals surface area contributed by atoms with Crippen molar-refractivity contribution in [3.05, 3.63) is 0 Å². The van der Waals surface area contributed by atoms with E-state index in [9.17, 15) is 19.5 Å². The van der Waals surface area contributed by atoms with Crippen molar-refractivity contribution >= 4 is 17.8 Å². The smallest absolute Gasteiger partial charge is 0.309 e. The van der Waals surface area contributed by atoms with Crippen molar-refractivity contribution in [3.63, 3.8) is 0 Å². The number of aliphatic carboxylic acids is 1. The molecule has 3 aliphatic rings. The fourth-order valence-corrected chi connectivity index (χ4v) is 4.46. The zero-order chi connectivity index (χ0) is 18.5. The molecule has 3 saturated heterocycles. The number of ether oxygens (including phenoxy) is 1. The van der Waals surface area contributed by atoms with Crippen LogP contribution in [0.15, 0.2) is 0 Å². The molecule has 26 heavy (non-hydrogen) atoms. The summed E-state index contributed by atoms with van der Waals surface area (Å²) in [6.45, 7) is 2.62. The van der Waals surface area contributed by atoms with Crippen LogP contribution < -0.4 is 0 Å². The summed E-state index contributed by atoms with van der Waals surface area (Å²) in [5, 5.41) is 9.32. The van der Waals surface area contributed by atoms with E-state index in [2.05, 4.69) is 0 Å². The van der Waals surface area contributed by atoms with E-state index >= 15 is 0 Å². The van der Waals surface area contributed by atoms with E-state index in [1.807, 2.05) is 4.90 Å². The van der Waals surface area contributed by atoms with Crippen LogP contribution >= 0.6 is 0 Å². The Kier molecular flexibility index (Phi) is 6.51. The van der Waals surface area contributed by atoms with Crippen molar-refractivity contribution in [3.8, 4) is 0 Å². The lowest BCUT2D eigenvalue weighted by Crippen LogP contribution is -2.48. The van der Waals surface area contributed by atoms with Crippen LogP contribution in [0.25, 0.3) is 0 Å². The van der Waals surface area contributed by atoms with E-state index in [4.69, 9.17) is 4.74 Å². The second-order valence-electron chi connectivity index (χ2n) is 7.77. The zero-order valence-corrected chi connectivity index (χ0v) is 15.4. The molecule has 2 atom stereocenters. The Balaban J connectivity index is 1.48. The number of carbonyl (C=O) groups is 3. The van der Waals surface area contributed by atoms with Gasteiger partial charge in [0.2, 0.25) is 11.8 Å². The third kappa shape index (κ3) is 4.55. The summed E-state index contributed by atoms with van der Waals surface area (Å²) in [6, 6.07) is 0. The first-order chi connectivity index (χ1) is 12.6. The Hall–Kier alpha value is -1.63. The van der Waals surface area contributed by atoms with E-state index < -0.39 is 11.9 Å². The Morgan fingerprint density at radius 1 is 1.04 bits per heavy atom. The number of nitrogens with zero attached hydrogens (tertiary/aromatic N) is 2. The Morgan fingerprint density at radius 2 is 1.77 bits per heavy atom. The number of carbonyl (C=O) groups excluding carboxylic acids is 2. The van der Waals surface area contributed by atoms with Gasteiger partial charge in [-0.2, -0.15) is 0 Å². The summed E-state index contributed by atoms with van der Waals surface area (Å²) in [5.41, 5.74) is 0. The molecule has 3 aliphatic heterocycles. The molecule has 1 unspecified atom stereocenters. The fraction of sp³-hybridized carbons (Fsp3) is 0.842. The average Bonchev–Trinajstić information content (AvgIpc) is 3.11. The molecule has 0 aromatic heterocycles. The Bertz CT molecular complexity index is 530. The molecular weight excluding hydrogens is 336 g/mol. The molecule has 146 valence electrons. The van der Waals surface area contributed by atoms with E-state index in [0.717, 1.165) is 38.5 Å². The van der Waals surface area contributed by atoms with E-state index in [-0.39, 0.29) is 30.4 Å². The molecule has 0 radical (unpaired) electrons. The third-order valence-corrected chi connectivity index (χ3v) is 6.06. The van der Waals surface area contributed by atoms with Crippen LogP contribution in [0, 0.1) is 11.8 Å². The fourth-order valence-electron chi connectivity index (χ4n) is 4.46. The van der Waals surface area contributed by atoms with E-state index in [1.54, 1.807) is 4.90 Å². The van der Waals surface area contributed by atoms with Gasteiger partial charge in [-0.3, -0.25) is 14.4 Å². The summed E-state index contributed by atoms with van der Waals surface area (Å²) < 4.78 is 5.69. The second kappa shape index (κ2) is 8.84. The molecule has 1 N–H and O–H groups in total. The lowest BCUT2D eigenvalue weighted by Gasteiger charge is -2.36. The monoisotopic (exact) mass is 366 g/mol. The van der Waals surface area contributed by atoms with Gasteiger partial charge in [0.05, 0.1) is 18.6 Å². The SMILES string of the molecule is O=C(O)C1CCO[C@H]1C1CCN(C(=O)CN2CCCCCCC2=O)CC1. The van der Waals surface area contributed by atoms with Crippen LogP contribution in [0.4, 0.5) is 0 Å². The van der Waals surface area contributed by atoms with Gasteiger partial charge in [-0.05, 0) is 38.0 Å². The molecule has 3 fully saturated rings. The maximum Gasteiger partial charge on any atom is 0.309 e. The molecule has 0 bridgehead atoms. The second-order valence-corrected chi connectivity index (χ2v) is 7.77. The van der Waals surface area contributed by atoms with E-state index in [0.29, 0.717) is 39.1 Å². The summed E-state index contributed by atoms with van der Waals surface area (Å²) in [6.07, 6.45) is 6.55. The minimum Gasteiger partial charge on any atom is -0.481 e. The highest BCUT2D eigenvalue weighted by molar-refractivity contribution is 5.85. The van der Waals surface area contributed by atoms with Gasteiger partial charge < -0.3 is 19.6 Å². The number of carboxylic acid groups (broad SMARTS) is 1. The molecule has 3 rings (SSSR count). The molecule has 0 aromatic carbocycles. The van der Waals surface area contributed by atoms with Crippen molar-refractivity contribution in [2.24, 2.45) is 11.8 Å². The number of likely N-dealkylation sites (tertiary alicyclic amines) is 2. The Labute approximate surface area is 154 Å². The first-order valence-electron chi connectivity index (χ1n) is 9.96. The van der Waals surface area contributed by atoms with Crippen LogP contribution in [0.2, 0.25) is 0 Å². The van der Waals surface area contributed by atoms with E-state index in [1.165, 1.54) is 0 Å². The van der Waals surface area contributed by atoms with Crippen molar-refractivity contribution in [1.82, 2.24) is 9.80 Å². The first kappa shape index (κ1) is 19.1. The summed E-state index contributed by atoms with van der Waals surface area (Å²) in [4.78, 5) is 39.7. The minimum absolute atomic E-state index is 0.0134. The molecule has 3 heterocycles. The van der Waals surface area contributed by atoms with Crippen LogP contribution in [0.1, 0.15) is 51.4 Å². The molecule has 2 amide bonds. The van der Waals surface area contributed by atoms with Crippen molar-refractivity contribution in [2.75, 3.05) is 32.8 Å². The topological polar surface area (TPSA) is 87.2 Å². The lowest BCUT2D eigenvalue weighted by atomic mass is 9.84. The van der Waals surface area contributed by atoms with Gasteiger partial charge in [-0.25, -0.2) is 0 Å². The first-order valence-corrected chi connectivity index (χ1v) is 9.96. The van der Waals surface area contributed by atoms with Gasteiger partial charge in [0, 0.05) is 32.7 Å². The van der Waals surface area contributed by atoms with Gasteiger partial charge in [-0.15, -0.1) is 0 Å². The van der Waals surface area contributed by atoms with Gasteiger partial charge in [-0.1, -0.05) is 12.8 Å². The molecule has 0 aliphatic carbocycles. The largest absolute Gasteiger partial charge is 0.481 e. The number of rotatable bonds is 4. The number of piperidine rings is 1. The van der Waals surface area contributed by atoms with Crippen molar-refractivity contribution in [2.45, 2.75) is 57.5 Å². The van der Waals surface area contributed by atoms with Crippen LogP contribution in [0.3, 0.4) is 0 Å². The maximum atomic E-state index is 12.6. The van der Waals surface area contributed by atoms with Gasteiger partial charge in [0.1, 0.15) is 0 Å². The summed E-state index contributed by atoms with van der Waals surface area (Å²) in [7, 11) is 0. The number of amides is 2. The third-order valence-electron chi connectivity index (χ3n) is 6.06. The number of carboxylic acids is 1. The molecule has 0 spiro atoms. The van der Waals surface area contributed by atoms with Gasteiger partial charge in [0.25, 0.3) is 0 Å². The normalized spacial score (nSPS) is 28.7. The molecule has 0 aromatic rings. The minimum atomic E-state index is -0.776.